The number of sulfonamides is 1. The fraction of sp³-hybridized carbons (Fsp3) is 0.538. The van der Waals surface area contributed by atoms with Gasteiger partial charge >= 0.3 is 0 Å². The third-order valence-electron chi connectivity index (χ3n) is 3.92. The van der Waals surface area contributed by atoms with Crippen molar-refractivity contribution >= 4 is 28.1 Å². The first-order chi connectivity index (χ1) is 10.4. The average Bonchev–Trinajstić information content (AvgIpc) is 2.92. The van der Waals surface area contributed by atoms with E-state index in [1.54, 1.807) is 0 Å². The summed E-state index contributed by atoms with van der Waals surface area (Å²) in [4.78, 5) is 10.0. The molecule has 23 heavy (non-hydrogen) atoms. The molecule has 1 aliphatic rings. The predicted octanol–water partition coefficient (Wildman–Crippen LogP) is 1.43. The smallest absolute Gasteiger partial charge is 0.293 e. The van der Waals surface area contributed by atoms with Crippen LogP contribution in [0.4, 0.5) is 5.69 Å². The van der Waals surface area contributed by atoms with Crippen LogP contribution in [0.1, 0.15) is 19.3 Å². The Morgan fingerprint density at radius 2 is 2.13 bits per heavy atom. The molecule has 1 saturated carbocycles. The summed E-state index contributed by atoms with van der Waals surface area (Å²) in [5.74, 6) is 0.290. The van der Waals surface area contributed by atoms with Gasteiger partial charge in [-0.1, -0.05) is 6.42 Å². The van der Waals surface area contributed by atoms with E-state index in [0.29, 0.717) is 13.0 Å². The van der Waals surface area contributed by atoms with E-state index >= 15 is 0 Å². The molecule has 8 nitrogen and oxygen atoms in total. The van der Waals surface area contributed by atoms with E-state index in [2.05, 4.69) is 4.72 Å². The maximum Gasteiger partial charge on any atom is 0.293 e. The van der Waals surface area contributed by atoms with Crippen molar-refractivity contribution in [3.8, 4) is 5.75 Å². The summed E-state index contributed by atoms with van der Waals surface area (Å²) in [5, 5.41) is 11.1. The van der Waals surface area contributed by atoms with Crippen molar-refractivity contribution in [2.24, 2.45) is 11.7 Å². The molecule has 1 aromatic rings. The highest BCUT2D eigenvalue weighted by Crippen LogP contribution is 2.31. The molecule has 0 saturated heterocycles. The number of ether oxygens (including phenoxy) is 1. The first kappa shape index (κ1) is 19.6. The highest BCUT2D eigenvalue weighted by Gasteiger charge is 2.33. The lowest BCUT2D eigenvalue weighted by molar-refractivity contribution is -0.387. The number of nitrogens with two attached hydrogens (primary N) is 1. The van der Waals surface area contributed by atoms with Gasteiger partial charge in [-0.15, -0.1) is 12.4 Å². The minimum atomic E-state index is -3.99. The number of rotatable bonds is 6. The summed E-state index contributed by atoms with van der Waals surface area (Å²) in [6.45, 7) is 0.387. The van der Waals surface area contributed by atoms with E-state index in [4.69, 9.17) is 10.5 Å². The van der Waals surface area contributed by atoms with Crippen LogP contribution < -0.4 is 15.2 Å². The molecule has 0 amide bonds. The highest BCUT2D eigenvalue weighted by molar-refractivity contribution is 7.89. The molecule has 2 atom stereocenters. The van der Waals surface area contributed by atoms with Gasteiger partial charge in [0.15, 0.2) is 4.90 Å². The Labute approximate surface area is 141 Å². The number of hydrogen-bond donors (Lipinski definition) is 2. The van der Waals surface area contributed by atoms with Crippen LogP contribution in [-0.4, -0.2) is 33.0 Å². The molecule has 0 heterocycles. The Bertz CT molecular complexity index is 668. The Hall–Kier alpha value is -1.42. The summed E-state index contributed by atoms with van der Waals surface area (Å²) < 4.78 is 32.4. The van der Waals surface area contributed by atoms with Crippen LogP contribution >= 0.6 is 12.4 Å². The lowest BCUT2D eigenvalue weighted by Crippen LogP contribution is -2.39. The van der Waals surface area contributed by atoms with Crippen LogP contribution in [0, 0.1) is 16.0 Å². The maximum atomic E-state index is 12.5. The molecule has 1 aromatic carbocycles. The van der Waals surface area contributed by atoms with Crippen molar-refractivity contribution in [2.75, 3.05) is 13.7 Å². The standard InChI is InChI=1S/C13H19N3O5S.ClH/c1-21-10-5-6-13(12(7-10)16(17)18)22(19,20)15-11-4-2-3-9(11)8-14;/h5-7,9,11,15H,2-4,8,14H2,1H3;1H. The average molecular weight is 366 g/mol. The van der Waals surface area contributed by atoms with Gasteiger partial charge < -0.3 is 10.5 Å². The van der Waals surface area contributed by atoms with Crippen molar-refractivity contribution in [3.63, 3.8) is 0 Å². The third-order valence-corrected chi connectivity index (χ3v) is 5.46. The van der Waals surface area contributed by atoms with Crippen molar-refractivity contribution in [1.82, 2.24) is 4.72 Å². The number of hydrogen-bond acceptors (Lipinski definition) is 6. The topological polar surface area (TPSA) is 125 Å². The normalized spacial score (nSPS) is 20.8. The molecule has 3 N–H and O–H groups in total. The van der Waals surface area contributed by atoms with Crippen LogP contribution in [0.3, 0.4) is 0 Å². The Balaban J connectivity index is 0.00000264. The highest BCUT2D eigenvalue weighted by atomic mass is 35.5. The molecule has 2 rings (SSSR count). The van der Waals surface area contributed by atoms with Gasteiger partial charge in [0.2, 0.25) is 10.0 Å². The minimum absolute atomic E-state index is 0. The summed E-state index contributed by atoms with van der Waals surface area (Å²) in [6, 6.07) is 3.39. The van der Waals surface area contributed by atoms with Gasteiger partial charge in [-0.05, 0) is 37.4 Å². The Kier molecular flexibility index (Phi) is 6.75. The molecule has 10 heteroatoms. The van der Waals surface area contributed by atoms with E-state index in [-0.39, 0.29) is 35.0 Å². The summed E-state index contributed by atoms with van der Waals surface area (Å²) in [5.41, 5.74) is 5.13. The van der Waals surface area contributed by atoms with E-state index in [0.717, 1.165) is 18.9 Å². The molecular weight excluding hydrogens is 346 g/mol. The molecule has 0 aliphatic heterocycles. The number of methoxy groups -OCH3 is 1. The van der Waals surface area contributed by atoms with Gasteiger partial charge in [0.1, 0.15) is 5.75 Å². The molecule has 0 spiro atoms. The van der Waals surface area contributed by atoms with Crippen molar-refractivity contribution < 1.29 is 18.1 Å². The molecular formula is C13H20ClN3O5S. The SMILES string of the molecule is COc1ccc(S(=O)(=O)NC2CCCC2CN)c([N+](=O)[O-])c1.Cl. The second kappa shape index (κ2) is 7.91. The zero-order chi connectivity index (χ0) is 16.3. The predicted molar refractivity (Wildman–Crippen MR) is 87.4 cm³/mol. The van der Waals surface area contributed by atoms with Crippen LogP contribution in [0.5, 0.6) is 5.75 Å². The Morgan fingerprint density at radius 1 is 1.43 bits per heavy atom. The zero-order valence-corrected chi connectivity index (χ0v) is 14.2. The maximum absolute atomic E-state index is 12.5. The van der Waals surface area contributed by atoms with E-state index in [9.17, 15) is 18.5 Å². The van der Waals surface area contributed by atoms with Gasteiger partial charge in [0.25, 0.3) is 5.69 Å². The monoisotopic (exact) mass is 365 g/mol. The molecule has 0 radical (unpaired) electrons. The lowest BCUT2D eigenvalue weighted by atomic mass is 10.1. The first-order valence-electron chi connectivity index (χ1n) is 6.94. The number of halogens is 1. The van der Waals surface area contributed by atoms with Crippen molar-refractivity contribution in [1.29, 1.82) is 0 Å². The van der Waals surface area contributed by atoms with Crippen LogP contribution in [-0.2, 0) is 10.0 Å². The molecule has 130 valence electrons. The van der Waals surface area contributed by atoms with E-state index < -0.39 is 20.6 Å². The van der Waals surface area contributed by atoms with Gasteiger partial charge in [0, 0.05) is 6.04 Å². The molecule has 0 aromatic heterocycles. The fourth-order valence-corrected chi connectivity index (χ4v) is 4.22. The number of nitrogens with zero attached hydrogens (tertiary/aromatic N) is 1. The largest absolute Gasteiger partial charge is 0.497 e. The summed E-state index contributed by atoms with van der Waals surface area (Å²) in [7, 11) is -2.63. The molecule has 1 aliphatic carbocycles. The van der Waals surface area contributed by atoms with Gasteiger partial charge in [-0.25, -0.2) is 13.1 Å². The first-order valence-corrected chi connectivity index (χ1v) is 8.42. The van der Waals surface area contributed by atoms with Crippen LogP contribution in [0.25, 0.3) is 0 Å². The number of nitrogens with one attached hydrogen (secondary N) is 1. The minimum Gasteiger partial charge on any atom is -0.497 e. The van der Waals surface area contributed by atoms with Gasteiger partial charge in [-0.2, -0.15) is 0 Å². The summed E-state index contributed by atoms with van der Waals surface area (Å²) >= 11 is 0. The Morgan fingerprint density at radius 3 is 2.70 bits per heavy atom. The third kappa shape index (κ3) is 4.31. The van der Waals surface area contributed by atoms with Gasteiger partial charge in [-0.3, -0.25) is 10.1 Å². The number of nitro benzene ring substituents is 1. The number of benzene rings is 1. The quantitative estimate of drug-likeness (QED) is 0.580. The second-order valence-electron chi connectivity index (χ2n) is 5.25. The van der Waals surface area contributed by atoms with Gasteiger partial charge in [0.05, 0.1) is 18.1 Å². The second-order valence-corrected chi connectivity index (χ2v) is 6.93. The van der Waals surface area contributed by atoms with Crippen molar-refractivity contribution in [2.45, 2.75) is 30.2 Å². The zero-order valence-electron chi connectivity index (χ0n) is 12.6. The van der Waals surface area contributed by atoms with Crippen LogP contribution in [0.15, 0.2) is 23.1 Å². The molecule has 0 bridgehead atoms. The number of nitro groups is 1. The van der Waals surface area contributed by atoms with E-state index in [1.807, 2.05) is 0 Å². The van der Waals surface area contributed by atoms with E-state index in [1.165, 1.54) is 19.2 Å². The summed E-state index contributed by atoms with van der Waals surface area (Å²) in [6.07, 6.45) is 2.43. The lowest BCUT2D eigenvalue weighted by Gasteiger charge is -2.19. The van der Waals surface area contributed by atoms with Crippen LogP contribution in [0.2, 0.25) is 0 Å². The molecule has 1 fully saturated rings. The molecule has 2 unspecified atom stereocenters. The van der Waals surface area contributed by atoms with Crippen molar-refractivity contribution in [3.05, 3.63) is 28.3 Å². The fourth-order valence-electron chi connectivity index (χ4n) is 2.73.